The summed E-state index contributed by atoms with van der Waals surface area (Å²) in [6.45, 7) is 3.03. The Labute approximate surface area is 126 Å². The van der Waals surface area contributed by atoms with Crippen molar-refractivity contribution in [1.82, 2.24) is 24.2 Å². The van der Waals surface area contributed by atoms with Gasteiger partial charge >= 0.3 is 5.69 Å². The average molecular weight is 303 g/mol. The minimum Gasteiger partial charge on any atom is -0.336 e. The summed E-state index contributed by atoms with van der Waals surface area (Å²) in [5, 5.41) is 4.27. The molecular formula is C14H17N5O3. The van der Waals surface area contributed by atoms with E-state index in [-0.39, 0.29) is 17.5 Å². The maximum atomic E-state index is 12.5. The average Bonchev–Trinajstić information content (AvgIpc) is 3.13. The summed E-state index contributed by atoms with van der Waals surface area (Å²) in [4.78, 5) is 39.9. The fourth-order valence-electron chi connectivity index (χ4n) is 2.66. The molecule has 1 aliphatic heterocycles. The van der Waals surface area contributed by atoms with Crippen molar-refractivity contribution in [2.45, 2.75) is 19.4 Å². The molecule has 0 saturated carbocycles. The van der Waals surface area contributed by atoms with Gasteiger partial charge in [-0.3, -0.25) is 18.8 Å². The van der Waals surface area contributed by atoms with E-state index in [1.165, 1.54) is 13.2 Å². The molecule has 0 radical (unpaired) electrons. The zero-order valence-corrected chi connectivity index (χ0v) is 12.4. The van der Waals surface area contributed by atoms with Gasteiger partial charge in [-0.25, -0.2) is 4.79 Å². The van der Waals surface area contributed by atoms with E-state index in [0.717, 1.165) is 16.6 Å². The normalized spacial score (nSPS) is 17.9. The van der Waals surface area contributed by atoms with Crippen molar-refractivity contribution in [3.63, 3.8) is 0 Å². The second-order valence-corrected chi connectivity index (χ2v) is 5.56. The molecule has 8 heteroatoms. The molecule has 1 aliphatic rings. The number of amides is 1. The number of aromatic nitrogens is 4. The van der Waals surface area contributed by atoms with Crippen LogP contribution in [0, 0.1) is 6.92 Å². The molecule has 3 heterocycles. The molecule has 1 fully saturated rings. The van der Waals surface area contributed by atoms with Crippen LogP contribution in [0.15, 0.2) is 28.2 Å². The molecule has 1 saturated heterocycles. The van der Waals surface area contributed by atoms with Gasteiger partial charge in [0.2, 0.25) is 0 Å². The summed E-state index contributed by atoms with van der Waals surface area (Å²) < 4.78 is 2.76. The first-order valence-corrected chi connectivity index (χ1v) is 7.06. The Morgan fingerprint density at radius 1 is 1.41 bits per heavy atom. The number of aromatic amines is 1. The molecule has 1 atom stereocenters. The molecule has 2 aromatic heterocycles. The molecule has 8 nitrogen and oxygen atoms in total. The summed E-state index contributed by atoms with van der Waals surface area (Å²) in [6, 6.07) is 0.115. The molecule has 0 aromatic carbocycles. The van der Waals surface area contributed by atoms with Gasteiger partial charge in [0.1, 0.15) is 5.56 Å². The third-order valence-electron chi connectivity index (χ3n) is 3.97. The lowest BCUT2D eigenvalue weighted by Crippen LogP contribution is -2.40. The highest BCUT2D eigenvalue weighted by Gasteiger charge is 2.30. The Bertz CT molecular complexity index is 831. The Hall–Kier alpha value is -2.64. The van der Waals surface area contributed by atoms with E-state index in [2.05, 4.69) is 10.1 Å². The van der Waals surface area contributed by atoms with E-state index >= 15 is 0 Å². The Morgan fingerprint density at radius 3 is 2.86 bits per heavy atom. The maximum Gasteiger partial charge on any atom is 0.328 e. The Balaban J connectivity index is 1.81. The Kier molecular flexibility index (Phi) is 3.44. The number of aryl methyl sites for hydroxylation is 1. The van der Waals surface area contributed by atoms with Crippen LogP contribution in [0.2, 0.25) is 0 Å². The number of H-pyrrole nitrogens is 1. The number of rotatable bonds is 2. The van der Waals surface area contributed by atoms with Crippen LogP contribution in [-0.4, -0.2) is 43.2 Å². The zero-order chi connectivity index (χ0) is 15.9. The minimum atomic E-state index is -0.577. The molecule has 0 spiro atoms. The molecular weight excluding hydrogens is 286 g/mol. The van der Waals surface area contributed by atoms with Crippen molar-refractivity contribution >= 4 is 5.91 Å². The van der Waals surface area contributed by atoms with Crippen LogP contribution in [-0.2, 0) is 7.05 Å². The van der Waals surface area contributed by atoms with E-state index in [1.54, 1.807) is 11.1 Å². The first kappa shape index (κ1) is 14.3. The van der Waals surface area contributed by atoms with Crippen LogP contribution in [0.1, 0.15) is 28.4 Å². The van der Waals surface area contributed by atoms with Gasteiger partial charge in [-0.05, 0) is 18.9 Å². The molecule has 1 unspecified atom stereocenters. The topological polar surface area (TPSA) is 93.0 Å². The number of nitrogens with zero attached hydrogens (tertiary/aromatic N) is 4. The van der Waals surface area contributed by atoms with E-state index in [9.17, 15) is 14.4 Å². The second kappa shape index (κ2) is 5.28. The first-order valence-electron chi connectivity index (χ1n) is 7.06. The SMILES string of the molecule is Cc1cnn(C2CCN(C(=O)c3c[nH]c(=O)n(C)c3=O)C2)c1. The molecule has 1 amide bonds. The molecule has 116 valence electrons. The van der Waals surface area contributed by atoms with Crippen LogP contribution < -0.4 is 11.2 Å². The fourth-order valence-corrected chi connectivity index (χ4v) is 2.66. The van der Waals surface area contributed by atoms with Crippen LogP contribution in [0.3, 0.4) is 0 Å². The minimum absolute atomic E-state index is 0.0144. The lowest BCUT2D eigenvalue weighted by atomic mass is 10.2. The highest BCUT2D eigenvalue weighted by atomic mass is 16.2. The summed E-state index contributed by atoms with van der Waals surface area (Å²) in [5.74, 6) is -0.358. The summed E-state index contributed by atoms with van der Waals surface area (Å²) >= 11 is 0. The predicted molar refractivity (Wildman–Crippen MR) is 78.8 cm³/mol. The third-order valence-corrected chi connectivity index (χ3v) is 3.97. The largest absolute Gasteiger partial charge is 0.336 e. The number of nitrogens with one attached hydrogen (secondary N) is 1. The van der Waals surface area contributed by atoms with Gasteiger partial charge in [-0.15, -0.1) is 0 Å². The van der Waals surface area contributed by atoms with E-state index in [1.807, 2.05) is 17.8 Å². The van der Waals surface area contributed by atoms with Crippen molar-refractivity contribution in [1.29, 1.82) is 0 Å². The van der Waals surface area contributed by atoms with Gasteiger partial charge in [0.05, 0.1) is 12.2 Å². The smallest absolute Gasteiger partial charge is 0.328 e. The van der Waals surface area contributed by atoms with Crippen LogP contribution in [0.25, 0.3) is 0 Å². The number of likely N-dealkylation sites (tertiary alicyclic amines) is 1. The lowest BCUT2D eigenvalue weighted by molar-refractivity contribution is 0.0784. The fraction of sp³-hybridized carbons (Fsp3) is 0.429. The quantitative estimate of drug-likeness (QED) is 0.822. The molecule has 3 rings (SSSR count). The molecule has 2 aromatic rings. The van der Waals surface area contributed by atoms with Gasteiger partial charge in [0, 0.05) is 32.5 Å². The van der Waals surface area contributed by atoms with Crippen molar-refractivity contribution in [3.05, 3.63) is 50.6 Å². The Morgan fingerprint density at radius 2 is 2.18 bits per heavy atom. The molecule has 0 bridgehead atoms. The van der Waals surface area contributed by atoms with Crippen LogP contribution in [0.4, 0.5) is 0 Å². The lowest BCUT2D eigenvalue weighted by Gasteiger charge is -2.16. The molecule has 22 heavy (non-hydrogen) atoms. The number of carbonyl (C=O) groups is 1. The molecule has 1 N–H and O–H groups in total. The first-order chi connectivity index (χ1) is 10.5. The number of hydrogen-bond acceptors (Lipinski definition) is 4. The standard InChI is InChI=1S/C14H17N5O3/c1-9-5-16-19(7-9)10-3-4-18(8-10)13(21)11-6-15-14(22)17(2)12(11)20/h5-7,10H,3-4,8H2,1-2H3,(H,15,22). The second-order valence-electron chi connectivity index (χ2n) is 5.56. The van der Waals surface area contributed by atoms with Crippen LogP contribution >= 0.6 is 0 Å². The highest BCUT2D eigenvalue weighted by Crippen LogP contribution is 2.22. The molecule has 0 aliphatic carbocycles. The van der Waals surface area contributed by atoms with Gasteiger partial charge < -0.3 is 9.88 Å². The van der Waals surface area contributed by atoms with E-state index < -0.39 is 11.2 Å². The van der Waals surface area contributed by atoms with Crippen molar-refractivity contribution in [3.8, 4) is 0 Å². The third kappa shape index (κ3) is 2.36. The van der Waals surface area contributed by atoms with Crippen LogP contribution in [0.5, 0.6) is 0 Å². The maximum absolute atomic E-state index is 12.5. The summed E-state index contributed by atoms with van der Waals surface area (Å²) in [5.41, 5.74) is -0.0568. The predicted octanol–water partition coefficient (Wildman–Crippen LogP) is -0.334. The number of carbonyl (C=O) groups excluding carboxylic acids is 1. The highest BCUT2D eigenvalue weighted by molar-refractivity contribution is 5.93. The van der Waals surface area contributed by atoms with Gasteiger partial charge in [0.15, 0.2) is 0 Å². The van der Waals surface area contributed by atoms with Gasteiger partial charge in [-0.1, -0.05) is 0 Å². The monoisotopic (exact) mass is 303 g/mol. The van der Waals surface area contributed by atoms with Crippen molar-refractivity contribution < 1.29 is 4.79 Å². The van der Waals surface area contributed by atoms with Gasteiger partial charge in [-0.2, -0.15) is 5.10 Å². The van der Waals surface area contributed by atoms with Crippen molar-refractivity contribution in [2.75, 3.05) is 13.1 Å². The summed E-state index contributed by atoms with van der Waals surface area (Å²) in [7, 11) is 1.34. The number of hydrogen-bond donors (Lipinski definition) is 1. The van der Waals surface area contributed by atoms with Crippen molar-refractivity contribution in [2.24, 2.45) is 7.05 Å². The van der Waals surface area contributed by atoms with E-state index in [0.29, 0.717) is 13.1 Å². The van der Waals surface area contributed by atoms with E-state index in [4.69, 9.17) is 0 Å². The zero-order valence-electron chi connectivity index (χ0n) is 12.4. The van der Waals surface area contributed by atoms with Gasteiger partial charge in [0.25, 0.3) is 11.5 Å². The summed E-state index contributed by atoms with van der Waals surface area (Å²) in [6.07, 6.45) is 5.70.